The molecule has 1 amide bonds. The van der Waals surface area contributed by atoms with Gasteiger partial charge in [-0.1, -0.05) is 0 Å². The maximum absolute atomic E-state index is 11.0. The molecule has 2 fully saturated rings. The first-order valence-electron chi connectivity index (χ1n) is 3.02. The lowest BCUT2D eigenvalue weighted by atomic mass is 10.6. The monoisotopic (exact) mass is 174 g/mol. The summed E-state index contributed by atoms with van der Waals surface area (Å²) in [6, 6.07) is 0. The molecular formula is C5H6N2OS2. The molecule has 2 heterocycles. The largest absolute Gasteiger partial charge is 0.327 e. The predicted octanol–water partition coefficient (Wildman–Crippen LogP) is -0.224. The molecule has 2 saturated heterocycles. The van der Waals surface area contributed by atoms with Crippen molar-refractivity contribution < 1.29 is 4.79 Å². The van der Waals surface area contributed by atoms with Crippen LogP contribution in [0.1, 0.15) is 0 Å². The minimum Gasteiger partial charge on any atom is -0.327 e. The highest BCUT2D eigenvalue weighted by Crippen LogP contribution is 2.27. The van der Waals surface area contributed by atoms with Crippen LogP contribution >= 0.6 is 24.0 Å². The zero-order valence-electron chi connectivity index (χ0n) is 5.16. The van der Waals surface area contributed by atoms with Crippen LogP contribution in [0.2, 0.25) is 0 Å². The second-order valence-corrected chi connectivity index (χ2v) is 3.79. The summed E-state index contributed by atoms with van der Waals surface area (Å²) < 4.78 is 0. The van der Waals surface area contributed by atoms with E-state index in [1.807, 2.05) is 4.90 Å². The molecule has 2 rings (SSSR count). The average Bonchev–Trinajstić information content (AvgIpc) is 2.39. The Bertz CT molecular complexity index is 186. The quantitative estimate of drug-likeness (QED) is 0.514. The standard InChI is InChI=1S/C5H6N2OS2/c8-3-4-7(1-2-10-4)5(9)6-3/h4H,1-2H2,(H,6,8,9). The van der Waals surface area contributed by atoms with Gasteiger partial charge in [-0.25, -0.2) is 0 Å². The minimum absolute atomic E-state index is 0.0208. The molecule has 0 aromatic heterocycles. The molecule has 2 aliphatic rings. The summed E-state index contributed by atoms with van der Waals surface area (Å²) in [5.74, 6) is 1.06. The van der Waals surface area contributed by atoms with E-state index in [2.05, 4.69) is 5.32 Å². The normalized spacial score (nSPS) is 30.8. The van der Waals surface area contributed by atoms with E-state index >= 15 is 0 Å². The molecule has 1 atom stereocenters. The predicted molar refractivity (Wildman–Crippen MR) is 43.7 cm³/mol. The van der Waals surface area contributed by atoms with Gasteiger partial charge in [-0.3, -0.25) is 4.79 Å². The summed E-state index contributed by atoms with van der Waals surface area (Å²) in [5.41, 5.74) is 0. The molecule has 3 nitrogen and oxygen atoms in total. The van der Waals surface area contributed by atoms with Crippen molar-refractivity contribution in [1.29, 1.82) is 0 Å². The Morgan fingerprint density at radius 3 is 3.30 bits per heavy atom. The van der Waals surface area contributed by atoms with Gasteiger partial charge in [-0.2, -0.15) is 0 Å². The fraction of sp³-hybridized carbons (Fsp3) is 0.600. The van der Waals surface area contributed by atoms with Crippen LogP contribution in [-0.4, -0.2) is 33.6 Å². The number of amides is 1. The topological polar surface area (TPSA) is 32.3 Å². The van der Waals surface area contributed by atoms with E-state index in [9.17, 15) is 4.79 Å². The van der Waals surface area contributed by atoms with Gasteiger partial charge in [0.2, 0.25) is 0 Å². The van der Waals surface area contributed by atoms with Crippen molar-refractivity contribution in [2.75, 3.05) is 12.3 Å². The lowest BCUT2D eigenvalue weighted by molar-refractivity contribution is -0.119. The lowest BCUT2D eigenvalue weighted by Gasteiger charge is -2.10. The first-order chi connectivity index (χ1) is 4.79. The molecule has 5 heteroatoms. The number of hydrogen-bond acceptors (Lipinski definition) is 3. The number of rotatable bonds is 0. The lowest BCUT2D eigenvalue weighted by Crippen LogP contribution is -2.28. The molecule has 0 spiro atoms. The van der Waals surface area contributed by atoms with Crippen LogP contribution < -0.4 is 5.32 Å². The number of thiocarbonyl (C=S) groups is 1. The van der Waals surface area contributed by atoms with E-state index in [0.717, 1.165) is 12.3 Å². The molecule has 2 aliphatic heterocycles. The molecule has 54 valence electrons. The van der Waals surface area contributed by atoms with Crippen molar-refractivity contribution in [2.24, 2.45) is 0 Å². The smallest absolute Gasteiger partial charge is 0.259 e. The highest BCUT2D eigenvalue weighted by atomic mass is 32.2. The van der Waals surface area contributed by atoms with Crippen molar-refractivity contribution in [3.8, 4) is 0 Å². The SMILES string of the molecule is O=C1NC(=S)N2CCSC12. The van der Waals surface area contributed by atoms with Crippen molar-refractivity contribution in [1.82, 2.24) is 10.2 Å². The number of thioether (sulfide) groups is 1. The Morgan fingerprint density at radius 1 is 1.80 bits per heavy atom. The van der Waals surface area contributed by atoms with Crippen LogP contribution in [0.3, 0.4) is 0 Å². The van der Waals surface area contributed by atoms with E-state index in [0.29, 0.717) is 5.11 Å². The Labute approximate surface area is 68.1 Å². The average molecular weight is 174 g/mol. The Balaban J connectivity index is 2.27. The number of nitrogens with one attached hydrogen (secondary N) is 1. The summed E-state index contributed by atoms with van der Waals surface area (Å²) in [6.45, 7) is 0.910. The first kappa shape index (κ1) is 6.42. The molecule has 0 aromatic carbocycles. The molecule has 0 radical (unpaired) electrons. The van der Waals surface area contributed by atoms with E-state index in [1.165, 1.54) is 0 Å². The maximum Gasteiger partial charge on any atom is 0.259 e. The van der Waals surface area contributed by atoms with Gasteiger partial charge in [0.1, 0.15) is 0 Å². The number of hydrogen-bond donors (Lipinski definition) is 1. The molecule has 1 N–H and O–H groups in total. The van der Waals surface area contributed by atoms with Crippen molar-refractivity contribution in [3.05, 3.63) is 0 Å². The highest BCUT2D eigenvalue weighted by molar-refractivity contribution is 8.01. The third-order valence-electron chi connectivity index (χ3n) is 1.61. The Kier molecular flexibility index (Phi) is 1.35. The fourth-order valence-corrected chi connectivity index (χ4v) is 2.62. The molecule has 0 aliphatic carbocycles. The van der Waals surface area contributed by atoms with E-state index < -0.39 is 0 Å². The van der Waals surface area contributed by atoms with Gasteiger partial charge in [-0.05, 0) is 12.2 Å². The second kappa shape index (κ2) is 2.10. The molecule has 0 aromatic rings. The van der Waals surface area contributed by atoms with Crippen LogP contribution in [0.5, 0.6) is 0 Å². The summed E-state index contributed by atoms with van der Waals surface area (Å²) in [7, 11) is 0. The zero-order valence-corrected chi connectivity index (χ0v) is 6.80. The summed E-state index contributed by atoms with van der Waals surface area (Å²) in [4.78, 5) is 12.9. The summed E-state index contributed by atoms with van der Waals surface area (Å²) in [6.07, 6.45) is 0. The first-order valence-corrected chi connectivity index (χ1v) is 4.48. The van der Waals surface area contributed by atoms with Crippen LogP contribution in [0.4, 0.5) is 0 Å². The van der Waals surface area contributed by atoms with E-state index in [4.69, 9.17) is 12.2 Å². The van der Waals surface area contributed by atoms with Crippen molar-refractivity contribution in [3.63, 3.8) is 0 Å². The third kappa shape index (κ3) is 0.737. The van der Waals surface area contributed by atoms with Gasteiger partial charge in [-0.15, -0.1) is 11.8 Å². The zero-order chi connectivity index (χ0) is 7.14. The Morgan fingerprint density at radius 2 is 2.60 bits per heavy atom. The number of nitrogens with zero attached hydrogens (tertiary/aromatic N) is 1. The number of carbonyl (C=O) groups excluding carboxylic acids is 1. The van der Waals surface area contributed by atoms with Crippen LogP contribution in [0.15, 0.2) is 0 Å². The van der Waals surface area contributed by atoms with Crippen LogP contribution in [0, 0.1) is 0 Å². The van der Waals surface area contributed by atoms with Gasteiger partial charge in [0.15, 0.2) is 10.5 Å². The fourth-order valence-electron chi connectivity index (χ4n) is 1.13. The van der Waals surface area contributed by atoms with Gasteiger partial charge in [0.05, 0.1) is 0 Å². The molecule has 0 bridgehead atoms. The summed E-state index contributed by atoms with van der Waals surface area (Å²) >= 11 is 6.57. The van der Waals surface area contributed by atoms with E-state index in [-0.39, 0.29) is 11.3 Å². The maximum atomic E-state index is 11.0. The summed E-state index contributed by atoms with van der Waals surface area (Å²) in [5, 5.41) is 3.19. The van der Waals surface area contributed by atoms with Crippen LogP contribution in [-0.2, 0) is 4.79 Å². The molecule has 0 saturated carbocycles. The van der Waals surface area contributed by atoms with Gasteiger partial charge in [0, 0.05) is 12.3 Å². The van der Waals surface area contributed by atoms with Gasteiger partial charge < -0.3 is 10.2 Å². The molecule has 10 heavy (non-hydrogen) atoms. The highest BCUT2D eigenvalue weighted by Gasteiger charge is 2.39. The minimum atomic E-state index is -0.0208. The Hall–Kier alpha value is -0.290. The van der Waals surface area contributed by atoms with Gasteiger partial charge >= 0.3 is 0 Å². The number of carbonyl (C=O) groups is 1. The van der Waals surface area contributed by atoms with Crippen molar-refractivity contribution in [2.45, 2.75) is 5.37 Å². The third-order valence-corrected chi connectivity index (χ3v) is 3.15. The number of fused-ring (bicyclic) bond motifs is 1. The second-order valence-electron chi connectivity index (χ2n) is 2.21. The van der Waals surface area contributed by atoms with Crippen LogP contribution in [0.25, 0.3) is 0 Å². The molecular weight excluding hydrogens is 168 g/mol. The van der Waals surface area contributed by atoms with Crippen molar-refractivity contribution >= 4 is 35.0 Å². The van der Waals surface area contributed by atoms with E-state index in [1.54, 1.807) is 11.8 Å². The molecule has 1 unspecified atom stereocenters. The van der Waals surface area contributed by atoms with Gasteiger partial charge in [0.25, 0.3) is 5.91 Å².